The first-order chi connectivity index (χ1) is 13.9. The molecule has 0 aromatic heterocycles. The Balaban J connectivity index is 0. The van der Waals surface area contributed by atoms with E-state index < -0.39 is 8.80 Å². The SMILES string of the molecule is CCCCCCCCCCCCCCCC([N+](C)(C)CCC)[Si](OC)(OC)OC.[Cl-]. The van der Waals surface area contributed by atoms with E-state index in [4.69, 9.17) is 13.3 Å². The Morgan fingerprint density at radius 1 is 0.600 bits per heavy atom. The third kappa shape index (κ3) is 13.0. The van der Waals surface area contributed by atoms with Gasteiger partial charge in [0.2, 0.25) is 0 Å². The molecule has 1 atom stereocenters. The first-order valence-corrected chi connectivity index (χ1v) is 14.2. The molecule has 0 aromatic carbocycles. The number of quaternary nitrogens is 1. The van der Waals surface area contributed by atoms with Crippen LogP contribution >= 0.6 is 0 Å². The van der Waals surface area contributed by atoms with E-state index in [1.54, 1.807) is 21.3 Å². The van der Waals surface area contributed by atoms with Gasteiger partial charge in [-0.25, -0.2) is 0 Å². The molecule has 0 saturated heterocycles. The maximum atomic E-state index is 5.87. The second-order valence-electron chi connectivity index (χ2n) is 9.27. The highest BCUT2D eigenvalue weighted by Crippen LogP contribution is 2.27. The number of unbranched alkanes of at least 4 members (excludes halogenated alkanes) is 12. The fraction of sp³-hybridized carbons (Fsp3) is 1.00. The summed E-state index contributed by atoms with van der Waals surface area (Å²) in [5.41, 5.74) is 0.301. The molecule has 0 saturated carbocycles. The van der Waals surface area contributed by atoms with Gasteiger partial charge in [0.15, 0.2) is 5.67 Å². The van der Waals surface area contributed by atoms with Gasteiger partial charge in [-0.3, -0.25) is 0 Å². The highest BCUT2D eigenvalue weighted by molar-refractivity contribution is 6.62. The van der Waals surface area contributed by atoms with Gasteiger partial charge in [-0.2, -0.15) is 0 Å². The van der Waals surface area contributed by atoms with Crippen LogP contribution in [0, 0.1) is 0 Å². The topological polar surface area (TPSA) is 27.7 Å². The Bertz CT molecular complexity index is 360. The van der Waals surface area contributed by atoms with Crippen molar-refractivity contribution in [2.75, 3.05) is 42.0 Å². The molecule has 1 unspecified atom stereocenters. The van der Waals surface area contributed by atoms with Gasteiger partial charge in [0.1, 0.15) is 0 Å². The van der Waals surface area contributed by atoms with Crippen LogP contribution in [0.25, 0.3) is 0 Å². The van der Waals surface area contributed by atoms with Crippen molar-refractivity contribution in [2.24, 2.45) is 0 Å². The van der Waals surface area contributed by atoms with Crippen molar-refractivity contribution in [2.45, 2.75) is 116 Å². The van der Waals surface area contributed by atoms with Crippen molar-refractivity contribution < 1.29 is 30.2 Å². The van der Waals surface area contributed by atoms with Crippen LogP contribution in [-0.2, 0) is 13.3 Å². The molecule has 0 aliphatic carbocycles. The van der Waals surface area contributed by atoms with E-state index in [0.29, 0.717) is 5.67 Å². The zero-order valence-corrected chi connectivity index (χ0v) is 23.2. The second-order valence-corrected chi connectivity index (χ2v) is 12.4. The Labute approximate surface area is 196 Å². The van der Waals surface area contributed by atoms with E-state index >= 15 is 0 Å². The minimum atomic E-state index is -2.65. The minimum absolute atomic E-state index is 0. The fourth-order valence-corrected chi connectivity index (χ4v) is 7.56. The maximum absolute atomic E-state index is 5.87. The quantitative estimate of drug-likeness (QED) is 0.146. The zero-order chi connectivity index (χ0) is 22.0. The summed E-state index contributed by atoms with van der Waals surface area (Å²) < 4.78 is 18.5. The molecular weight excluding hydrogens is 414 g/mol. The summed E-state index contributed by atoms with van der Waals surface area (Å²) in [5.74, 6) is 0. The van der Waals surface area contributed by atoms with Gasteiger partial charge in [0, 0.05) is 27.8 Å². The van der Waals surface area contributed by atoms with Gasteiger partial charge in [-0.15, -0.1) is 0 Å². The van der Waals surface area contributed by atoms with Crippen LogP contribution in [0.2, 0.25) is 0 Å². The molecule has 0 heterocycles. The van der Waals surface area contributed by atoms with Crippen LogP contribution in [0.3, 0.4) is 0 Å². The third-order valence-electron chi connectivity index (χ3n) is 6.49. The van der Waals surface area contributed by atoms with Crippen molar-refractivity contribution in [3.05, 3.63) is 0 Å². The van der Waals surface area contributed by atoms with Crippen LogP contribution in [0.15, 0.2) is 0 Å². The maximum Gasteiger partial charge on any atom is 0.561 e. The van der Waals surface area contributed by atoms with Crippen molar-refractivity contribution in [3.8, 4) is 0 Å². The number of hydrogen-bond acceptors (Lipinski definition) is 3. The molecule has 0 N–H and O–H groups in total. The van der Waals surface area contributed by atoms with Gasteiger partial charge in [-0.05, 0) is 12.8 Å². The van der Waals surface area contributed by atoms with Gasteiger partial charge >= 0.3 is 8.80 Å². The number of hydrogen-bond donors (Lipinski definition) is 0. The molecule has 0 spiro atoms. The molecule has 0 bridgehead atoms. The summed E-state index contributed by atoms with van der Waals surface area (Å²) in [6.07, 6.45) is 20.3. The van der Waals surface area contributed by atoms with Crippen LogP contribution in [-0.4, -0.2) is 60.9 Å². The summed E-state index contributed by atoms with van der Waals surface area (Å²) in [4.78, 5) is 0. The molecule has 0 aromatic rings. The molecule has 184 valence electrons. The number of halogens is 1. The van der Waals surface area contributed by atoms with Gasteiger partial charge in [-0.1, -0.05) is 90.9 Å². The highest BCUT2D eigenvalue weighted by atomic mass is 35.5. The molecule has 30 heavy (non-hydrogen) atoms. The van der Waals surface area contributed by atoms with Gasteiger partial charge in [0.25, 0.3) is 0 Å². The second kappa shape index (κ2) is 20.0. The molecule has 6 heteroatoms. The average molecular weight is 468 g/mol. The molecule has 0 radical (unpaired) electrons. The Kier molecular flexibility index (Phi) is 21.7. The summed E-state index contributed by atoms with van der Waals surface area (Å²) in [6.45, 7) is 5.66. The van der Waals surface area contributed by atoms with Crippen LogP contribution in [0.1, 0.15) is 110 Å². The summed E-state index contributed by atoms with van der Waals surface area (Å²) in [7, 11) is 7.21. The summed E-state index contributed by atoms with van der Waals surface area (Å²) in [5, 5.41) is 0. The molecular formula is C24H54ClNO3Si. The Morgan fingerprint density at radius 2 is 0.967 bits per heavy atom. The summed E-state index contributed by atoms with van der Waals surface area (Å²) >= 11 is 0. The Hall–Kier alpha value is 0.347. The van der Waals surface area contributed by atoms with Gasteiger partial charge < -0.3 is 30.2 Å². The van der Waals surface area contributed by atoms with E-state index in [1.807, 2.05) is 0 Å². The van der Waals surface area contributed by atoms with Crippen LogP contribution in [0.4, 0.5) is 0 Å². The first kappa shape index (κ1) is 32.5. The predicted molar refractivity (Wildman–Crippen MR) is 128 cm³/mol. The number of rotatable bonds is 21. The predicted octanol–water partition coefficient (Wildman–Crippen LogP) is 3.74. The molecule has 0 amide bonds. The lowest BCUT2D eigenvalue weighted by molar-refractivity contribution is -0.906. The van der Waals surface area contributed by atoms with Crippen molar-refractivity contribution in [1.29, 1.82) is 0 Å². The van der Waals surface area contributed by atoms with Crippen LogP contribution in [0.5, 0.6) is 0 Å². The van der Waals surface area contributed by atoms with E-state index in [0.717, 1.165) is 23.9 Å². The zero-order valence-electron chi connectivity index (χ0n) is 21.4. The normalized spacial score (nSPS) is 13.3. The first-order valence-electron chi connectivity index (χ1n) is 12.4. The molecule has 0 aliphatic rings. The van der Waals surface area contributed by atoms with Crippen molar-refractivity contribution in [1.82, 2.24) is 0 Å². The smallest absolute Gasteiger partial charge is 0.561 e. The largest absolute Gasteiger partial charge is 1.00 e. The lowest BCUT2D eigenvalue weighted by atomic mass is 10.0. The standard InChI is InChI=1S/C24H54NO3Si.ClH/c1-8-10-11-12-13-14-15-16-17-18-19-20-21-22-24(25(3,4)23-9-2)29(26-5,27-6)28-7;/h24H,8-23H2,1-7H3;1H/q+1;/p-1. The number of nitrogens with zero attached hydrogens (tertiary/aromatic N) is 1. The van der Waals surface area contributed by atoms with E-state index in [2.05, 4.69) is 27.9 Å². The molecule has 0 aliphatic heterocycles. The van der Waals surface area contributed by atoms with Gasteiger partial charge in [0.05, 0.1) is 20.6 Å². The van der Waals surface area contributed by atoms with E-state index in [-0.39, 0.29) is 12.4 Å². The fourth-order valence-electron chi connectivity index (χ4n) is 4.70. The average Bonchev–Trinajstić information content (AvgIpc) is 2.71. The lowest BCUT2D eigenvalue weighted by Crippen LogP contribution is -3.00. The Morgan fingerprint density at radius 3 is 1.30 bits per heavy atom. The van der Waals surface area contributed by atoms with Crippen molar-refractivity contribution >= 4 is 8.80 Å². The lowest BCUT2D eigenvalue weighted by Gasteiger charge is -2.43. The molecule has 0 rings (SSSR count). The third-order valence-corrected chi connectivity index (χ3v) is 10.00. The molecule has 0 fully saturated rings. The van der Waals surface area contributed by atoms with E-state index in [1.165, 1.54) is 83.5 Å². The van der Waals surface area contributed by atoms with E-state index in [9.17, 15) is 0 Å². The molecule has 4 nitrogen and oxygen atoms in total. The van der Waals surface area contributed by atoms with Crippen molar-refractivity contribution in [3.63, 3.8) is 0 Å². The van der Waals surface area contributed by atoms with Crippen LogP contribution < -0.4 is 12.4 Å². The minimum Gasteiger partial charge on any atom is -1.00 e. The monoisotopic (exact) mass is 467 g/mol. The summed E-state index contributed by atoms with van der Waals surface area (Å²) in [6, 6.07) is 0. The highest BCUT2D eigenvalue weighted by Gasteiger charge is 2.55.